The van der Waals surface area contributed by atoms with Crippen LogP contribution in [0.4, 0.5) is 4.39 Å². The summed E-state index contributed by atoms with van der Waals surface area (Å²) in [6, 6.07) is 6.12. The summed E-state index contributed by atoms with van der Waals surface area (Å²) in [7, 11) is 0. The van der Waals surface area contributed by atoms with Crippen LogP contribution < -0.4 is 5.32 Å². The van der Waals surface area contributed by atoms with Gasteiger partial charge in [0.2, 0.25) is 5.91 Å². The molecule has 4 nitrogen and oxygen atoms in total. The van der Waals surface area contributed by atoms with Crippen LogP contribution >= 0.6 is 0 Å². The zero-order chi connectivity index (χ0) is 15.9. The predicted molar refractivity (Wildman–Crippen MR) is 84.1 cm³/mol. The Morgan fingerprint density at radius 3 is 2.95 bits per heavy atom. The summed E-state index contributed by atoms with van der Waals surface area (Å²) in [5.41, 5.74) is 1.82. The Bertz CT molecular complexity index is 637. The molecule has 22 heavy (non-hydrogen) atoms. The van der Waals surface area contributed by atoms with E-state index in [1.165, 1.54) is 12.1 Å². The minimum atomic E-state index is -0.317. The average molecular weight is 303 g/mol. The number of halogens is 1. The maximum Gasteiger partial charge on any atom is 0.224 e. The molecular weight excluding hydrogens is 281 g/mol. The van der Waals surface area contributed by atoms with E-state index in [1.54, 1.807) is 12.1 Å². The number of amides is 1. The van der Waals surface area contributed by atoms with Gasteiger partial charge in [0, 0.05) is 31.4 Å². The molecule has 0 saturated heterocycles. The van der Waals surface area contributed by atoms with Crippen LogP contribution in [0.25, 0.3) is 0 Å². The van der Waals surface area contributed by atoms with Crippen molar-refractivity contribution in [2.24, 2.45) is 0 Å². The van der Waals surface area contributed by atoms with Gasteiger partial charge < -0.3 is 9.88 Å². The minimum absolute atomic E-state index is 0.101. The molecule has 1 aromatic heterocycles. The van der Waals surface area contributed by atoms with E-state index in [0.717, 1.165) is 24.5 Å². The van der Waals surface area contributed by atoms with Gasteiger partial charge in [0.15, 0.2) is 0 Å². The van der Waals surface area contributed by atoms with E-state index in [-0.39, 0.29) is 18.1 Å². The van der Waals surface area contributed by atoms with E-state index in [2.05, 4.69) is 21.8 Å². The Hall–Kier alpha value is -2.17. The smallest absolute Gasteiger partial charge is 0.224 e. The van der Waals surface area contributed by atoms with Gasteiger partial charge in [-0.05, 0) is 31.0 Å². The molecular formula is C17H22FN3O. The molecule has 1 heterocycles. The highest BCUT2D eigenvalue weighted by Gasteiger charge is 2.08. The van der Waals surface area contributed by atoms with E-state index in [1.807, 2.05) is 13.1 Å². The number of benzene rings is 1. The Balaban J connectivity index is 1.82. The Labute approximate surface area is 130 Å². The van der Waals surface area contributed by atoms with Crippen molar-refractivity contribution in [3.63, 3.8) is 0 Å². The summed E-state index contributed by atoms with van der Waals surface area (Å²) >= 11 is 0. The van der Waals surface area contributed by atoms with Gasteiger partial charge in [0.1, 0.15) is 11.6 Å². The molecule has 2 rings (SSSR count). The topological polar surface area (TPSA) is 46.9 Å². The number of imidazole rings is 1. The first-order valence-corrected chi connectivity index (χ1v) is 7.62. The normalized spacial score (nSPS) is 10.7. The van der Waals surface area contributed by atoms with Gasteiger partial charge >= 0.3 is 0 Å². The molecule has 1 amide bonds. The zero-order valence-electron chi connectivity index (χ0n) is 13.1. The van der Waals surface area contributed by atoms with Crippen LogP contribution in [-0.4, -0.2) is 22.0 Å². The van der Waals surface area contributed by atoms with E-state index < -0.39 is 0 Å². The largest absolute Gasteiger partial charge is 0.355 e. The quantitative estimate of drug-likeness (QED) is 0.855. The average Bonchev–Trinajstić information content (AvgIpc) is 2.81. The van der Waals surface area contributed by atoms with Crippen LogP contribution in [0.5, 0.6) is 0 Å². The van der Waals surface area contributed by atoms with Gasteiger partial charge in [-0.2, -0.15) is 0 Å². The molecule has 0 radical (unpaired) electrons. The molecule has 0 bridgehead atoms. The number of carbonyl (C=O) groups excluding carboxylic acids is 1. The van der Waals surface area contributed by atoms with Crippen molar-refractivity contribution in [3.05, 3.63) is 53.4 Å². The monoisotopic (exact) mass is 303 g/mol. The SMILES string of the molecule is CCCn1c(C)cnc1CCNC(=O)Cc1cccc(F)c1. The molecule has 0 atom stereocenters. The van der Waals surface area contributed by atoms with Gasteiger partial charge in [-0.3, -0.25) is 4.79 Å². The molecule has 2 aromatic rings. The molecule has 0 aliphatic carbocycles. The molecule has 0 aliphatic heterocycles. The molecule has 0 fully saturated rings. The Morgan fingerprint density at radius 2 is 2.23 bits per heavy atom. The summed E-state index contributed by atoms with van der Waals surface area (Å²) in [5.74, 6) is 0.573. The van der Waals surface area contributed by atoms with Gasteiger partial charge in [0.25, 0.3) is 0 Å². The van der Waals surface area contributed by atoms with Crippen LogP contribution in [0.15, 0.2) is 30.5 Å². The lowest BCUT2D eigenvalue weighted by Gasteiger charge is -2.09. The van der Waals surface area contributed by atoms with E-state index >= 15 is 0 Å². The van der Waals surface area contributed by atoms with Crippen LogP contribution in [0.1, 0.15) is 30.4 Å². The van der Waals surface area contributed by atoms with Crippen LogP contribution in [-0.2, 0) is 24.2 Å². The zero-order valence-corrected chi connectivity index (χ0v) is 13.1. The summed E-state index contributed by atoms with van der Waals surface area (Å²) in [5, 5.41) is 2.86. The van der Waals surface area contributed by atoms with Crippen molar-refractivity contribution in [1.82, 2.24) is 14.9 Å². The highest BCUT2D eigenvalue weighted by atomic mass is 19.1. The van der Waals surface area contributed by atoms with Crippen molar-refractivity contribution in [1.29, 1.82) is 0 Å². The standard InChI is InChI=1S/C17H22FN3O/c1-3-9-21-13(2)12-20-16(21)7-8-19-17(22)11-14-5-4-6-15(18)10-14/h4-6,10,12H,3,7-9,11H2,1-2H3,(H,19,22). The first kappa shape index (κ1) is 16.2. The molecule has 0 saturated carbocycles. The second-order valence-electron chi connectivity index (χ2n) is 5.37. The Kier molecular flexibility index (Phi) is 5.69. The lowest BCUT2D eigenvalue weighted by molar-refractivity contribution is -0.120. The second-order valence-corrected chi connectivity index (χ2v) is 5.37. The number of nitrogens with zero attached hydrogens (tertiary/aromatic N) is 2. The summed E-state index contributed by atoms with van der Waals surface area (Å²) in [6.07, 6.45) is 3.80. The number of aromatic nitrogens is 2. The number of carbonyl (C=O) groups is 1. The van der Waals surface area contributed by atoms with Gasteiger partial charge in [-0.15, -0.1) is 0 Å². The molecule has 0 aliphatic rings. The highest BCUT2D eigenvalue weighted by molar-refractivity contribution is 5.78. The third-order valence-corrected chi connectivity index (χ3v) is 3.51. The van der Waals surface area contributed by atoms with Crippen molar-refractivity contribution < 1.29 is 9.18 Å². The summed E-state index contributed by atoms with van der Waals surface area (Å²) in [4.78, 5) is 16.3. The van der Waals surface area contributed by atoms with Crippen LogP contribution in [0.2, 0.25) is 0 Å². The molecule has 0 unspecified atom stereocenters. The van der Waals surface area contributed by atoms with Crippen molar-refractivity contribution in [2.45, 2.75) is 39.7 Å². The van der Waals surface area contributed by atoms with Crippen LogP contribution in [0, 0.1) is 12.7 Å². The molecule has 5 heteroatoms. The van der Waals surface area contributed by atoms with Gasteiger partial charge in [-0.1, -0.05) is 19.1 Å². The molecule has 1 N–H and O–H groups in total. The lowest BCUT2D eigenvalue weighted by atomic mass is 10.1. The molecule has 118 valence electrons. The maximum absolute atomic E-state index is 13.1. The lowest BCUT2D eigenvalue weighted by Crippen LogP contribution is -2.28. The van der Waals surface area contributed by atoms with Gasteiger partial charge in [-0.25, -0.2) is 9.37 Å². The first-order chi connectivity index (χ1) is 10.6. The summed E-state index contributed by atoms with van der Waals surface area (Å²) in [6.45, 7) is 5.64. The number of rotatable bonds is 7. The van der Waals surface area contributed by atoms with Crippen molar-refractivity contribution in [2.75, 3.05) is 6.54 Å². The number of hydrogen-bond donors (Lipinski definition) is 1. The minimum Gasteiger partial charge on any atom is -0.355 e. The van der Waals surface area contributed by atoms with Crippen molar-refractivity contribution >= 4 is 5.91 Å². The highest BCUT2D eigenvalue weighted by Crippen LogP contribution is 2.07. The van der Waals surface area contributed by atoms with Crippen LogP contribution in [0.3, 0.4) is 0 Å². The second kappa shape index (κ2) is 7.73. The van der Waals surface area contributed by atoms with Crippen molar-refractivity contribution in [3.8, 4) is 0 Å². The molecule has 1 aromatic carbocycles. The van der Waals surface area contributed by atoms with E-state index in [0.29, 0.717) is 18.5 Å². The van der Waals surface area contributed by atoms with Gasteiger partial charge in [0.05, 0.1) is 6.42 Å². The fourth-order valence-electron chi connectivity index (χ4n) is 2.45. The summed E-state index contributed by atoms with van der Waals surface area (Å²) < 4.78 is 15.2. The number of nitrogens with one attached hydrogen (secondary N) is 1. The number of hydrogen-bond acceptors (Lipinski definition) is 2. The Morgan fingerprint density at radius 1 is 1.41 bits per heavy atom. The fourth-order valence-corrected chi connectivity index (χ4v) is 2.45. The fraction of sp³-hybridized carbons (Fsp3) is 0.412. The third-order valence-electron chi connectivity index (χ3n) is 3.51. The van der Waals surface area contributed by atoms with E-state index in [4.69, 9.17) is 0 Å². The predicted octanol–water partition coefficient (Wildman–Crippen LogP) is 2.64. The van der Waals surface area contributed by atoms with E-state index in [9.17, 15) is 9.18 Å². The molecule has 0 spiro atoms. The third kappa shape index (κ3) is 4.41. The first-order valence-electron chi connectivity index (χ1n) is 7.62. The maximum atomic E-state index is 13.1. The number of aryl methyl sites for hydroxylation is 1.